The number of hydrogen-bond donors (Lipinski definition) is 8. The fourth-order valence-electron chi connectivity index (χ4n) is 12.1. The maximum absolute atomic E-state index is 16.3. The fourth-order valence-corrected chi connectivity index (χ4v) is 12.6. The van der Waals surface area contributed by atoms with Crippen molar-refractivity contribution >= 4 is 64.7 Å². The molecule has 0 aliphatic carbocycles. The largest absolute Gasteiger partial charge is 0.497 e. The molecule has 103 heavy (non-hydrogen) atoms. The maximum Gasteiger partial charge on any atom is 0.408 e. The van der Waals surface area contributed by atoms with Gasteiger partial charge in [-0.1, -0.05) is 47.5 Å². The van der Waals surface area contributed by atoms with Gasteiger partial charge in [-0.25, -0.2) is 4.79 Å². The van der Waals surface area contributed by atoms with Gasteiger partial charge < -0.3 is 104 Å². The second kappa shape index (κ2) is 31.6. The monoisotopic (exact) mass is 1460 g/mol. The Labute approximate surface area is 601 Å². The summed E-state index contributed by atoms with van der Waals surface area (Å²) >= 11 is 14.3. The number of methoxy groups -OCH3 is 7. The lowest BCUT2D eigenvalue weighted by atomic mass is 9.89. The highest BCUT2D eigenvalue weighted by Crippen LogP contribution is 2.49. The molecule has 13 rings (SSSR count). The zero-order chi connectivity index (χ0) is 73.6. The van der Waals surface area contributed by atoms with E-state index in [4.69, 9.17) is 84.8 Å². The quantitative estimate of drug-likeness (QED) is 0.0372. The Balaban J connectivity index is 1.13. The number of amides is 7. The van der Waals surface area contributed by atoms with Crippen LogP contribution in [0.3, 0.4) is 0 Å². The highest BCUT2D eigenvalue weighted by molar-refractivity contribution is 6.32. The summed E-state index contributed by atoms with van der Waals surface area (Å²) in [5, 5.41) is 32.0. The van der Waals surface area contributed by atoms with Crippen molar-refractivity contribution in [1.82, 2.24) is 37.2 Å². The number of ether oxygens (including phenoxy) is 13. The first-order chi connectivity index (χ1) is 49.4. The number of carbonyl (C=O) groups is 7. The molecule has 17 bridgehead atoms. The van der Waals surface area contributed by atoms with Gasteiger partial charge >= 0.3 is 6.09 Å². The van der Waals surface area contributed by atoms with Gasteiger partial charge in [-0.15, -0.1) is 0 Å². The molecule has 7 aromatic rings. The number of nitrogens with one attached hydrogen (secondary N) is 7. The second-order valence-corrected chi connectivity index (χ2v) is 25.8. The van der Waals surface area contributed by atoms with Gasteiger partial charge in [0.15, 0.2) is 23.0 Å². The number of rotatable bonds is 14. The standard InChI is InChI=1S/C73H75Cl2N7O21/c1-73(2,3)103-72(90)82-60-37-13-18-53(95-8)54(27-37)100-43-24-39(23-41(30-43)92-5)61-69(87)80-62-40-28-56(101-51-15-11-35(21-46(51)74)22-48(66(84)78-61)76-67(60)85)65(97-10)57(29-40)102-52-17-14-38(26-47(52)75)64(83)63-71(89)77-49(33-99-34-98-20-19-91-4)44-31-42(93-6)32-55(96-9)58(44)45-25-36(12-16-50(45)94-7)59(68(86)81-63)79-70(62)88/h11-18,21,23-32,48-49,59-64,83H,19-20,22,33-34H2,1-10H3,(H,76,85)(H,77,89)(H,78,84)(H,79,88)(H,80,87)(H,81,86)(H,82,90). The van der Waals surface area contributed by atoms with Crippen molar-refractivity contribution in [2.24, 2.45) is 0 Å². The Morgan fingerprint density at radius 2 is 1.13 bits per heavy atom. The van der Waals surface area contributed by atoms with Crippen molar-refractivity contribution < 1.29 is 100 Å². The molecule has 28 nitrogen and oxygen atoms in total. The summed E-state index contributed by atoms with van der Waals surface area (Å²) in [5.74, 6) is -5.86. The summed E-state index contributed by atoms with van der Waals surface area (Å²) in [7, 11) is 9.81. The topological polar surface area (TPSA) is 344 Å². The molecule has 6 aliphatic heterocycles. The van der Waals surface area contributed by atoms with Gasteiger partial charge in [0.25, 0.3) is 0 Å². The first-order valence-corrected chi connectivity index (χ1v) is 33.0. The van der Waals surface area contributed by atoms with Crippen LogP contribution in [0.2, 0.25) is 10.0 Å². The third-order valence-corrected chi connectivity index (χ3v) is 17.6. The number of halogens is 2. The van der Waals surface area contributed by atoms with Gasteiger partial charge in [0.05, 0.1) is 78.6 Å². The highest BCUT2D eigenvalue weighted by atomic mass is 35.5. The number of aliphatic hydroxyl groups is 1. The van der Waals surface area contributed by atoms with Gasteiger partial charge in [0, 0.05) is 36.8 Å². The Kier molecular flexibility index (Phi) is 22.6. The number of aliphatic hydroxyl groups excluding tert-OH is 1. The minimum absolute atomic E-state index is 0.00708. The van der Waals surface area contributed by atoms with Crippen molar-refractivity contribution in [3.63, 3.8) is 0 Å². The zero-order valence-electron chi connectivity index (χ0n) is 57.5. The number of benzene rings is 7. The van der Waals surface area contributed by atoms with Crippen LogP contribution in [0, 0.1) is 0 Å². The average molecular weight is 1460 g/mol. The zero-order valence-corrected chi connectivity index (χ0v) is 59.0. The predicted molar refractivity (Wildman–Crippen MR) is 370 cm³/mol. The molecule has 7 aromatic carbocycles. The van der Waals surface area contributed by atoms with E-state index in [2.05, 4.69) is 37.2 Å². The van der Waals surface area contributed by atoms with Crippen LogP contribution in [-0.4, -0.2) is 141 Å². The van der Waals surface area contributed by atoms with Crippen LogP contribution < -0.4 is 79.8 Å². The van der Waals surface area contributed by atoms with Crippen molar-refractivity contribution in [2.75, 3.05) is 76.4 Å². The normalized spacial score (nSPS) is 20.2. The van der Waals surface area contributed by atoms with E-state index in [1.54, 1.807) is 45.0 Å². The average Bonchev–Trinajstić information content (AvgIpc) is 0.765. The first kappa shape index (κ1) is 73.5. The fraction of sp³-hybridized carbons (Fsp3) is 0.329. The molecule has 542 valence electrons. The van der Waals surface area contributed by atoms with Crippen LogP contribution in [0.1, 0.15) is 96.0 Å². The van der Waals surface area contributed by atoms with Crippen molar-refractivity contribution in [3.8, 4) is 80.1 Å². The van der Waals surface area contributed by atoms with Crippen LogP contribution in [-0.2, 0) is 54.1 Å². The molecule has 0 aromatic heterocycles. The molecule has 30 heteroatoms. The number of alkyl carbamates (subject to hydrolysis) is 1. The second-order valence-electron chi connectivity index (χ2n) is 25.0. The molecular weight excluding hydrogens is 1380 g/mol. The van der Waals surface area contributed by atoms with E-state index < -0.39 is 95.5 Å². The highest BCUT2D eigenvalue weighted by Gasteiger charge is 2.41. The van der Waals surface area contributed by atoms with Crippen LogP contribution in [0.25, 0.3) is 11.1 Å². The van der Waals surface area contributed by atoms with Crippen molar-refractivity contribution in [2.45, 2.75) is 81.2 Å². The van der Waals surface area contributed by atoms with E-state index >= 15 is 28.8 Å². The van der Waals surface area contributed by atoms with Crippen LogP contribution in [0.15, 0.2) is 115 Å². The minimum Gasteiger partial charge on any atom is -0.497 e. The van der Waals surface area contributed by atoms with Gasteiger partial charge in [0.1, 0.15) is 95.0 Å². The van der Waals surface area contributed by atoms with Crippen LogP contribution in [0.5, 0.6) is 69.0 Å². The van der Waals surface area contributed by atoms with E-state index in [1.807, 2.05) is 0 Å². The molecule has 0 saturated heterocycles. The molecule has 7 amide bonds. The molecule has 6 heterocycles. The Bertz CT molecular complexity index is 4440. The SMILES string of the molecule is COCCOCOCC1NC(=O)C2NC(=O)C(NC(=O)C3NC(=O)C4NC(=O)C(Cc5ccc(c(Cl)c5)Oc5cc3cc(c5OC)Oc3ccc(cc3Cl)C2O)NC(=O)C(NC(=O)OC(C)(C)C)c2ccc(OC)c(c2)Oc2cc(OC)cc4c2)c2ccc(OC)c(c2)-c2c(OC)cc(OC)cc21. The molecule has 0 fully saturated rings. The van der Waals surface area contributed by atoms with E-state index in [9.17, 15) is 9.90 Å². The lowest BCUT2D eigenvalue weighted by Gasteiger charge is -2.32. The van der Waals surface area contributed by atoms with Gasteiger partial charge in [-0.05, 0) is 139 Å². The smallest absolute Gasteiger partial charge is 0.408 e. The lowest BCUT2D eigenvalue weighted by Crippen LogP contribution is -2.55. The third-order valence-electron chi connectivity index (χ3n) is 17.0. The number of hydrogen-bond acceptors (Lipinski definition) is 21. The minimum atomic E-state index is -2.02. The summed E-state index contributed by atoms with van der Waals surface area (Å²) in [6.07, 6.45) is -3.24. The predicted octanol–water partition coefficient (Wildman–Crippen LogP) is 8.92. The van der Waals surface area contributed by atoms with E-state index in [0.29, 0.717) is 16.7 Å². The molecule has 8 N–H and O–H groups in total. The molecule has 0 saturated carbocycles. The summed E-state index contributed by atoms with van der Waals surface area (Å²) in [5.41, 5.74) is 0.252. The number of carbonyl (C=O) groups excluding carboxylic acids is 7. The maximum atomic E-state index is 16.3. The Morgan fingerprint density at radius 1 is 0.524 bits per heavy atom. The summed E-state index contributed by atoms with van der Waals surface area (Å²) < 4.78 is 77.6. The van der Waals surface area contributed by atoms with Crippen molar-refractivity contribution in [3.05, 3.63) is 164 Å². The lowest BCUT2D eigenvalue weighted by molar-refractivity contribution is -0.136. The summed E-state index contributed by atoms with van der Waals surface area (Å²) in [6, 6.07) is 15.8. The summed E-state index contributed by atoms with van der Waals surface area (Å²) in [6.45, 7) is 4.78. The Morgan fingerprint density at radius 3 is 1.77 bits per heavy atom. The van der Waals surface area contributed by atoms with Crippen molar-refractivity contribution in [1.29, 1.82) is 0 Å². The van der Waals surface area contributed by atoms with E-state index in [1.165, 1.54) is 141 Å². The van der Waals surface area contributed by atoms with Crippen LogP contribution >= 0.6 is 23.2 Å². The molecule has 0 radical (unpaired) electrons. The third kappa shape index (κ3) is 16.4. The number of fused-ring (bicyclic) bond motifs is 14. The molecule has 8 atom stereocenters. The molecule has 8 unspecified atom stereocenters. The van der Waals surface area contributed by atoms with Gasteiger partial charge in [-0.2, -0.15) is 0 Å². The summed E-state index contributed by atoms with van der Waals surface area (Å²) in [4.78, 5) is 108. The van der Waals surface area contributed by atoms with Gasteiger partial charge in [0.2, 0.25) is 41.2 Å². The Hall–Kier alpha value is -10.8. The first-order valence-electron chi connectivity index (χ1n) is 32.2. The van der Waals surface area contributed by atoms with Gasteiger partial charge in [-0.3, -0.25) is 28.8 Å². The van der Waals surface area contributed by atoms with E-state index in [0.717, 1.165) is 0 Å². The van der Waals surface area contributed by atoms with Crippen LogP contribution in [0.4, 0.5) is 4.79 Å². The molecule has 6 aliphatic rings. The molecule has 0 spiro atoms. The van der Waals surface area contributed by atoms with E-state index in [-0.39, 0.29) is 145 Å². The molecular formula is C73H75Cl2N7O21.